The molecule has 98 valence electrons. The van der Waals surface area contributed by atoms with Crippen molar-refractivity contribution >= 4 is 5.96 Å². The maximum Gasteiger partial charge on any atom is 0.191 e. The van der Waals surface area contributed by atoms with E-state index in [0.717, 1.165) is 38.4 Å². The Kier molecular flexibility index (Phi) is 6.70. The SMILES string of the molecule is CN=C(NCCCOC(C)C)NC1CC=CC1. The second-order valence-corrected chi connectivity index (χ2v) is 4.56. The quantitative estimate of drug-likeness (QED) is 0.321. The molecule has 0 bridgehead atoms. The van der Waals surface area contributed by atoms with Crippen molar-refractivity contribution in [3.05, 3.63) is 12.2 Å². The molecule has 0 amide bonds. The molecular weight excluding hydrogens is 214 g/mol. The van der Waals surface area contributed by atoms with E-state index in [9.17, 15) is 0 Å². The van der Waals surface area contributed by atoms with E-state index in [2.05, 4.69) is 41.6 Å². The molecule has 0 fully saturated rings. The Bertz CT molecular complexity index is 253. The van der Waals surface area contributed by atoms with E-state index in [4.69, 9.17) is 4.74 Å². The minimum absolute atomic E-state index is 0.317. The van der Waals surface area contributed by atoms with Crippen LogP contribution in [0.25, 0.3) is 0 Å². The number of rotatable bonds is 6. The van der Waals surface area contributed by atoms with Crippen molar-refractivity contribution in [2.75, 3.05) is 20.2 Å². The molecule has 17 heavy (non-hydrogen) atoms. The summed E-state index contributed by atoms with van der Waals surface area (Å²) in [5.41, 5.74) is 0. The number of hydrogen-bond donors (Lipinski definition) is 2. The summed E-state index contributed by atoms with van der Waals surface area (Å²) in [6.07, 6.45) is 7.93. The van der Waals surface area contributed by atoms with Gasteiger partial charge in [0.2, 0.25) is 0 Å². The highest BCUT2D eigenvalue weighted by atomic mass is 16.5. The Morgan fingerprint density at radius 3 is 2.71 bits per heavy atom. The Labute approximate surface area is 105 Å². The summed E-state index contributed by atoms with van der Waals surface area (Å²) in [7, 11) is 1.81. The molecule has 0 aromatic carbocycles. The molecule has 0 aliphatic heterocycles. The first kappa shape index (κ1) is 14.0. The first-order valence-electron chi connectivity index (χ1n) is 6.46. The lowest BCUT2D eigenvalue weighted by Gasteiger charge is -2.17. The fraction of sp³-hybridized carbons (Fsp3) is 0.769. The molecule has 0 unspecified atom stereocenters. The van der Waals surface area contributed by atoms with E-state index in [-0.39, 0.29) is 0 Å². The van der Waals surface area contributed by atoms with E-state index >= 15 is 0 Å². The Hall–Kier alpha value is -1.03. The van der Waals surface area contributed by atoms with E-state index < -0.39 is 0 Å². The molecule has 0 aromatic rings. The van der Waals surface area contributed by atoms with Crippen LogP contribution in [0.1, 0.15) is 33.1 Å². The summed E-state index contributed by atoms with van der Waals surface area (Å²) < 4.78 is 5.48. The fourth-order valence-electron chi connectivity index (χ4n) is 1.72. The van der Waals surface area contributed by atoms with Crippen LogP contribution in [0.3, 0.4) is 0 Å². The maximum atomic E-state index is 5.48. The van der Waals surface area contributed by atoms with Gasteiger partial charge in [0.15, 0.2) is 5.96 Å². The molecule has 0 saturated carbocycles. The molecule has 4 nitrogen and oxygen atoms in total. The van der Waals surface area contributed by atoms with Crippen LogP contribution in [0.15, 0.2) is 17.1 Å². The van der Waals surface area contributed by atoms with Crippen molar-refractivity contribution in [2.24, 2.45) is 4.99 Å². The van der Waals surface area contributed by atoms with E-state index in [1.165, 1.54) is 0 Å². The number of hydrogen-bond acceptors (Lipinski definition) is 2. The van der Waals surface area contributed by atoms with Crippen molar-refractivity contribution in [1.82, 2.24) is 10.6 Å². The molecule has 0 heterocycles. The fourth-order valence-corrected chi connectivity index (χ4v) is 1.72. The van der Waals surface area contributed by atoms with Crippen LogP contribution in [-0.4, -0.2) is 38.3 Å². The topological polar surface area (TPSA) is 45.7 Å². The van der Waals surface area contributed by atoms with Gasteiger partial charge in [0.1, 0.15) is 0 Å². The summed E-state index contributed by atoms with van der Waals surface area (Å²) >= 11 is 0. The molecule has 2 N–H and O–H groups in total. The van der Waals surface area contributed by atoms with E-state index in [1.54, 1.807) is 0 Å². The number of guanidine groups is 1. The Morgan fingerprint density at radius 2 is 2.12 bits per heavy atom. The van der Waals surface area contributed by atoms with Crippen LogP contribution in [0.2, 0.25) is 0 Å². The Morgan fingerprint density at radius 1 is 1.41 bits per heavy atom. The smallest absolute Gasteiger partial charge is 0.191 e. The van der Waals surface area contributed by atoms with Crippen LogP contribution in [0.5, 0.6) is 0 Å². The molecule has 4 heteroatoms. The highest BCUT2D eigenvalue weighted by Gasteiger charge is 2.10. The molecule has 0 radical (unpaired) electrons. The lowest BCUT2D eigenvalue weighted by atomic mass is 10.2. The highest BCUT2D eigenvalue weighted by molar-refractivity contribution is 5.80. The van der Waals surface area contributed by atoms with Gasteiger partial charge >= 0.3 is 0 Å². The second-order valence-electron chi connectivity index (χ2n) is 4.56. The molecule has 1 aliphatic carbocycles. The lowest BCUT2D eigenvalue weighted by molar-refractivity contribution is 0.0776. The maximum absolute atomic E-state index is 5.48. The summed E-state index contributed by atoms with van der Waals surface area (Å²) in [4.78, 5) is 4.21. The van der Waals surface area contributed by atoms with Gasteiger partial charge in [-0.25, -0.2) is 0 Å². The Balaban J connectivity index is 2.06. The summed E-state index contributed by atoms with van der Waals surface area (Å²) in [6.45, 7) is 5.81. The summed E-state index contributed by atoms with van der Waals surface area (Å²) in [6, 6.07) is 0.508. The van der Waals surface area contributed by atoms with Crippen LogP contribution in [0.4, 0.5) is 0 Å². The van der Waals surface area contributed by atoms with Gasteiger partial charge in [-0.15, -0.1) is 0 Å². The van der Waals surface area contributed by atoms with Gasteiger partial charge in [-0.2, -0.15) is 0 Å². The molecule has 1 rings (SSSR count). The largest absolute Gasteiger partial charge is 0.379 e. The predicted molar refractivity (Wildman–Crippen MR) is 72.4 cm³/mol. The molecular formula is C13H25N3O. The third kappa shape index (κ3) is 6.31. The van der Waals surface area contributed by atoms with Crippen LogP contribution in [-0.2, 0) is 4.74 Å². The zero-order chi connectivity index (χ0) is 12.5. The van der Waals surface area contributed by atoms with Gasteiger partial charge in [-0.3, -0.25) is 4.99 Å². The predicted octanol–water partition coefficient (Wildman–Crippen LogP) is 1.69. The number of nitrogens with one attached hydrogen (secondary N) is 2. The number of ether oxygens (including phenoxy) is 1. The minimum Gasteiger partial charge on any atom is -0.379 e. The molecule has 0 saturated heterocycles. The van der Waals surface area contributed by atoms with Crippen LogP contribution >= 0.6 is 0 Å². The monoisotopic (exact) mass is 239 g/mol. The normalized spacial score (nSPS) is 16.8. The van der Waals surface area contributed by atoms with Crippen molar-refractivity contribution in [2.45, 2.75) is 45.3 Å². The van der Waals surface area contributed by atoms with Crippen LogP contribution in [0, 0.1) is 0 Å². The van der Waals surface area contributed by atoms with E-state index in [0.29, 0.717) is 12.1 Å². The lowest BCUT2D eigenvalue weighted by Crippen LogP contribution is -2.42. The van der Waals surface area contributed by atoms with Crippen molar-refractivity contribution < 1.29 is 4.74 Å². The highest BCUT2D eigenvalue weighted by Crippen LogP contribution is 2.08. The summed E-state index contributed by atoms with van der Waals surface area (Å²) in [5, 5.41) is 6.70. The van der Waals surface area contributed by atoms with Crippen molar-refractivity contribution in [1.29, 1.82) is 0 Å². The standard InChI is InChI=1S/C13H25N3O/c1-11(2)17-10-6-9-15-13(14-3)16-12-7-4-5-8-12/h4-5,11-12H,6-10H2,1-3H3,(H2,14,15,16). The van der Waals surface area contributed by atoms with Gasteiger partial charge in [0, 0.05) is 26.2 Å². The molecule has 1 aliphatic rings. The zero-order valence-electron chi connectivity index (χ0n) is 11.2. The molecule has 0 aromatic heterocycles. The molecule has 0 atom stereocenters. The van der Waals surface area contributed by atoms with Gasteiger partial charge < -0.3 is 15.4 Å². The minimum atomic E-state index is 0.317. The van der Waals surface area contributed by atoms with Gasteiger partial charge in [0.05, 0.1) is 6.10 Å². The first-order valence-corrected chi connectivity index (χ1v) is 6.46. The average molecular weight is 239 g/mol. The summed E-state index contributed by atoms with van der Waals surface area (Å²) in [5.74, 6) is 0.892. The number of nitrogens with zero attached hydrogens (tertiary/aromatic N) is 1. The second kappa shape index (κ2) is 8.12. The van der Waals surface area contributed by atoms with E-state index in [1.807, 2.05) is 7.05 Å². The van der Waals surface area contributed by atoms with Gasteiger partial charge in [-0.1, -0.05) is 12.2 Å². The van der Waals surface area contributed by atoms with Crippen LogP contribution < -0.4 is 10.6 Å². The van der Waals surface area contributed by atoms with Crippen molar-refractivity contribution in [3.8, 4) is 0 Å². The van der Waals surface area contributed by atoms with Gasteiger partial charge in [0.25, 0.3) is 0 Å². The average Bonchev–Trinajstić information content (AvgIpc) is 2.79. The van der Waals surface area contributed by atoms with Crippen molar-refractivity contribution in [3.63, 3.8) is 0 Å². The third-order valence-corrected chi connectivity index (χ3v) is 2.64. The number of aliphatic imine (C=N–C) groups is 1. The van der Waals surface area contributed by atoms with Gasteiger partial charge in [-0.05, 0) is 33.1 Å². The third-order valence-electron chi connectivity index (χ3n) is 2.64. The zero-order valence-corrected chi connectivity index (χ0v) is 11.2. The molecule has 0 spiro atoms. The first-order chi connectivity index (χ1) is 8.22.